The molecule has 238 valence electrons. The SMILES string of the molecule is COc1ccc(NC(=O)N(C)C[C@H]2Oc3c(NC(=O)Nc4ccc5c(c4)OCO5)cccc3C(=O)N([C@@H](C)CO)C[C@H]2C)cc1. The van der Waals surface area contributed by atoms with Gasteiger partial charge in [0.2, 0.25) is 6.79 Å². The number of hydrogen-bond acceptors (Lipinski definition) is 8. The molecule has 13 nitrogen and oxygen atoms in total. The van der Waals surface area contributed by atoms with E-state index in [4.69, 9.17) is 18.9 Å². The Kier molecular flexibility index (Phi) is 9.48. The van der Waals surface area contributed by atoms with Gasteiger partial charge >= 0.3 is 12.1 Å². The second-order valence-electron chi connectivity index (χ2n) is 11.0. The number of aliphatic hydroxyl groups excluding tert-OH is 1. The van der Waals surface area contributed by atoms with Crippen molar-refractivity contribution in [2.75, 3.05) is 56.6 Å². The van der Waals surface area contributed by atoms with E-state index in [1.807, 2.05) is 6.92 Å². The highest BCUT2D eigenvalue weighted by atomic mass is 16.7. The summed E-state index contributed by atoms with van der Waals surface area (Å²) < 4.78 is 22.4. The number of amides is 5. The van der Waals surface area contributed by atoms with Crippen molar-refractivity contribution in [1.82, 2.24) is 9.80 Å². The maximum atomic E-state index is 13.8. The third-order valence-corrected chi connectivity index (χ3v) is 7.71. The van der Waals surface area contributed by atoms with Crippen molar-refractivity contribution in [2.24, 2.45) is 5.92 Å². The fraction of sp³-hybridized carbons (Fsp3) is 0.344. The van der Waals surface area contributed by atoms with Gasteiger partial charge in [-0.2, -0.15) is 0 Å². The Morgan fingerprint density at radius 2 is 1.78 bits per heavy atom. The molecule has 0 unspecified atom stereocenters. The minimum atomic E-state index is -0.586. The Morgan fingerprint density at radius 1 is 1.04 bits per heavy atom. The number of aliphatic hydroxyl groups is 1. The predicted molar refractivity (Wildman–Crippen MR) is 167 cm³/mol. The van der Waals surface area contributed by atoms with Gasteiger partial charge in [-0.15, -0.1) is 0 Å². The molecular weight excluding hydrogens is 582 g/mol. The Labute approximate surface area is 261 Å². The number of benzene rings is 3. The van der Waals surface area contributed by atoms with E-state index in [0.717, 1.165) is 0 Å². The molecule has 0 saturated heterocycles. The van der Waals surface area contributed by atoms with Gasteiger partial charge in [0.25, 0.3) is 5.91 Å². The van der Waals surface area contributed by atoms with E-state index in [1.54, 1.807) is 86.6 Å². The lowest BCUT2D eigenvalue weighted by atomic mass is 9.99. The highest BCUT2D eigenvalue weighted by molar-refractivity contribution is 6.04. The molecule has 5 rings (SSSR count). The molecule has 3 aromatic carbocycles. The summed E-state index contributed by atoms with van der Waals surface area (Å²) in [6.45, 7) is 3.99. The van der Waals surface area contributed by atoms with Crippen molar-refractivity contribution in [3.8, 4) is 23.0 Å². The zero-order chi connectivity index (χ0) is 32.1. The molecule has 2 heterocycles. The molecule has 0 fully saturated rings. The van der Waals surface area contributed by atoms with Gasteiger partial charge in [-0.05, 0) is 55.5 Å². The summed E-state index contributed by atoms with van der Waals surface area (Å²) in [5.41, 5.74) is 1.56. The Hall–Kier alpha value is -5.17. The normalized spacial score (nSPS) is 17.6. The van der Waals surface area contributed by atoms with Gasteiger partial charge < -0.3 is 49.8 Å². The van der Waals surface area contributed by atoms with E-state index >= 15 is 0 Å². The van der Waals surface area contributed by atoms with Gasteiger partial charge in [0.05, 0.1) is 37.6 Å². The molecule has 0 bridgehead atoms. The topological polar surface area (TPSA) is 151 Å². The van der Waals surface area contributed by atoms with Crippen LogP contribution in [0, 0.1) is 5.92 Å². The summed E-state index contributed by atoms with van der Waals surface area (Å²) in [5.74, 6) is 1.33. The number of hydrogen-bond donors (Lipinski definition) is 4. The largest absolute Gasteiger partial charge is 0.497 e. The van der Waals surface area contributed by atoms with Crippen molar-refractivity contribution in [2.45, 2.75) is 26.0 Å². The molecule has 0 saturated carbocycles. The second kappa shape index (κ2) is 13.6. The Morgan fingerprint density at radius 3 is 2.51 bits per heavy atom. The van der Waals surface area contributed by atoms with Crippen molar-refractivity contribution >= 4 is 35.0 Å². The number of fused-ring (bicyclic) bond motifs is 2. The molecule has 5 amide bonds. The second-order valence-corrected chi connectivity index (χ2v) is 11.0. The third kappa shape index (κ3) is 7.15. The molecule has 13 heteroatoms. The minimum absolute atomic E-state index is 0.107. The van der Waals surface area contributed by atoms with Crippen LogP contribution >= 0.6 is 0 Å². The van der Waals surface area contributed by atoms with E-state index in [0.29, 0.717) is 28.6 Å². The van der Waals surface area contributed by atoms with Crippen LogP contribution in [0.4, 0.5) is 26.7 Å². The van der Waals surface area contributed by atoms with E-state index in [1.165, 1.54) is 4.90 Å². The van der Waals surface area contributed by atoms with Gasteiger partial charge in [-0.3, -0.25) is 4.79 Å². The van der Waals surface area contributed by atoms with Crippen LogP contribution in [0.15, 0.2) is 60.7 Å². The maximum Gasteiger partial charge on any atom is 0.323 e. The van der Waals surface area contributed by atoms with Gasteiger partial charge in [-0.1, -0.05) is 13.0 Å². The molecular formula is C32H37N5O8. The lowest BCUT2D eigenvalue weighted by Gasteiger charge is -2.38. The summed E-state index contributed by atoms with van der Waals surface area (Å²) >= 11 is 0. The predicted octanol–water partition coefficient (Wildman–Crippen LogP) is 4.45. The van der Waals surface area contributed by atoms with E-state index in [2.05, 4.69) is 16.0 Å². The van der Waals surface area contributed by atoms with Crippen LogP contribution in [0.2, 0.25) is 0 Å². The van der Waals surface area contributed by atoms with Crippen molar-refractivity contribution in [3.05, 3.63) is 66.2 Å². The Balaban J connectivity index is 1.38. The first-order valence-electron chi connectivity index (χ1n) is 14.5. The number of carbonyl (C=O) groups is 3. The summed E-state index contributed by atoms with van der Waals surface area (Å²) in [6, 6.07) is 15.5. The molecule has 0 radical (unpaired) electrons. The molecule has 0 aromatic heterocycles. The van der Waals surface area contributed by atoms with Gasteiger partial charge in [0, 0.05) is 37.0 Å². The molecule has 4 N–H and O–H groups in total. The van der Waals surface area contributed by atoms with Crippen LogP contribution in [0.3, 0.4) is 0 Å². The van der Waals surface area contributed by atoms with Crippen LogP contribution in [0.1, 0.15) is 24.2 Å². The fourth-order valence-electron chi connectivity index (χ4n) is 5.06. The van der Waals surface area contributed by atoms with E-state index in [9.17, 15) is 19.5 Å². The summed E-state index contributed by atoms with van der Waals surface area (Å²) in [7, 11) is 3.22. The number of nitrogens with zero attached hydrogens (tertiary/aromatic N) is 2. The third-order valence-electron chi connectivity index (χ3n) is 7.71. The molecule has 0 aliphatic carbocycles. The van der Waals surface area contributed by atoms with Gasteiger partial charge in [-0.25, -0.2) is 9.59 Å². The molecule has 2 aliphatic rings. The quantitative estimate of drug-likeness (QED) is 0.289. The first-order valence-corrected chi connectivity index (χ1v) is 14.5. The number of rotatable bonds is 8. The molecule has 2 aliphatic heterocycles. The number of nitrogens with one attached hydrogen (secondary N) is 3. The van der Waals surface area contributed by atoms with Crippen molar-refractivity contribution in [3.63, 3.8) is 0 Å². The number of anilines is 3. The monoisotopic (exact) mass is 619 g/mol. The van der Waals surface area contributed by atoms with Crippen molar-refractivity contribution in [1.29, 1.82) is 0 Å². The average Bonchev–Trinajstić information content (AvgIpc) is 3.51. The number of likely N-dealkylation sites (N-methyl/N-ethyl adjacent to an activating group) is 1. The van der Waals surface area contributed by atoms with Crippen LogP contribution < -0.4 is 34.9 Å². The lowest BCUT2D eigenvalue weighted by molar-refractivity contribution is 0.0373. The van der Waals surface area contributed by atoms with E-state index in [-0.39, 0.29) is 61.3 Å². The summed E-state index contributed by atoms with van der Waals surface area (Å²) in [6.07, 6.45) is -0.586. The van der Waals surface area contributed by atoms with Gasteiger partial charge in [0.1, 0.15) is 11.9 Å². The van der Waals surface area contributed by atoms with Crippen LogP contribution in [-0.2, 0) is 0 Å². The van der Waals surface area contributed by atoms with Crippen LogP contribution in [0.25, 0.3) is 0 Å². The van der Waals surface area contributed by atoms with Crippen LogP contribution in [0.5, 0.6) is 23.0 Å². The van der Waals surface area contributed by atoms with Gasteiger partial charge in [0.15, 0.2) is 17.2 Å². The van der Waals surface area contributed by atoms with E-state index < -0.39 is 18.2 Å². The zero-order valence-corrected chi connectivity index (χ0v) is 25.5. The lowest BCUT2D eigenvalue weighted by Crippen LogP contribution is -2.50. The summed E-state index contributed by atoms with van der Waals surface area (Å²) in [4.78, 5) is 43.1. The maximum absolute atomic E-state index is 13.8. The molecule has 0 spiro atoms. The number of urea groups is 2. The number of carbonyl (C=O) groups excluding carboxylic acids is 3. The Bertz CT molecular complexity index is 1550. The highest BCUT2D eigenvalue weighted by Crippen LogP contribution is 2.36. The molecule has 45 heavy (non-hydrogen) atoms. The molecule has 3 atom stereocenters. The fourth-order valence-corrected chi connectivity index (χ4v) is 5.06. The first kappa shape index (κ1) is 31.3. The average molecular weight is 620 g/mol. The standard InChI is InChI=1S/C32H37N5O8/c1-19-15-37(20(2)17-38)30(39)24-6-5-7-25(35-31(40)33-22-10-13-26-27(14-22)44-18-43-26)29(24)45-28(19)16-36(3)32(41)34-21-8-11-23(42-4)12-9-21/h5-14,19-20,28,38H,15-18H2,1-4H3,(H,34,41)(H2,33,35,40)/t19-,20+,28-/m1/s1. The number of ether oxygens (including phenoxy) is 4. The zero-order valence-electron chi connectivity index (χ0n) is 25.5. The summed E-state index contributed by atoms with van der Waals surface area (Å²) in [5, 5.41) is 18.4. The number of para-hydroxylation sites is 1. The highest BCUT2D eigenvalue weighted by Gasteiger charge is 2.35. The van der Waals surface area contributed by atoms with Crippen LogP contribution in [-0.4, -0.2) is 85.7 Å². The smallest absolute Gasteiger partial charge is 0.323 e. The first-order chi connectivity index (χ1) is 21.7. The molecule has 3 aromatic rings. The van der Waals surface area contributed by atoms with Crippen molar-refractivity contribution < 1.29 is 38.4 Å². The number of methoxy groups -OCH3 is 1. The minimum Gasteiger partial charge on any atom is -0.497 e.